The highest BCUT2D eigenvalue weighted by atomic mass is 79.9. The second kappa shape index (κ2) is 8.16. The van der Waals surface area contributed by atoms with Crippen molar-refractivity contribution in [2.75, 3.05) is 31.7 Å². The van der Waals surface area contributed by atoms with Crippen LogP contribution in [0.4, 0.5) is 5.69 Å². The fourth-order valence-corrected chi connectivity index (χ4v) is 3.12. The van der Waals surface area contributed by atoms with E-state index in [2.05, 4.69) is 65.2 Å². The molecular formula is C17H27BrN2O. The number of benzene rings is 1. The standard InChI is InChI=1S/C17H27BrN2O/c1-13(2)19-11-15-4-5-16(18)10-17(15)20(3)12-14-6-8-21-9-7-14/h4-5,10,13-14,19H,6-9,11-12H2,1-3H3. The highest BCUT2D eigenvalue weighted by Gasteiger charge is 2.17. The van der Waals surface area contributed by atoms with Crippen molar-refractivity contribution in [3.8, 4) is 0 Å². The van der Waals surface area contributed by atoms with Gasteiger partial charge in [0.1, 0.15) is 0 Å². The van der Waals surface area contributed by atoms with Crippen molar-refractivity contribution >= 4 is 21.6 Å². The van der Waals surface area contributed by atoms with Gasteiger partial charge in [0.05, 0.1) is 0 Å². The van der Waals surface area contributed by atoms with Gasteiger partial charge in [-0.3, -0.25) is 0 Å². The molecule has 1 aliphatic rings. The normalized spacial score (nSPS) is 16.4. The van der Waals surface area contributed by atoms with Crippen molar-refractivity contribution in [2.24, 2.45) is 5.92 Å². The lowest BCUT2D eigenvalue weighted by molar-refractivity contribution is 0.0685. The highest BCUT2D eigenvalue weighted by molar-refractivity contribution is 9.10. The average Bonchev–Trinajstić information content (AvgIpc) is 2.46. The number of rotatable bonds is 6. The summed E-state index contributed by atoms with van der Waals surface area (Å²) in [5, 5.41) is 3.52. The molecule has 1 N–H and O–H groups in total. The summed E-state index contributed by atoms with van der Waals surface area (Å²) in [5.41, 5.74) is 2.69. The largest absolute Gasteiger partial charge is 0.381 e. The molecule has 1 heterocycles. The van der Waals surface area contributed by atoms with Crippen LogP contribution in [0.15, 0.2) is 22.7 Å². The second-order valence-corrected chi connectivity index (χ2v) is 7.16. The van der Waals surface area contributed by atoms with Crippen LogP contribution in [0.5, 0.6) is 0 Å². The van der Waals surface area contributed by atoms with Gasteiger partial charge in [0, 0.05) is 49.6 Å². The van der Waals surface area contributed by atoms with Gasteiger partial charge in [0.15, 0.2) is 0 Å². The third-order valence-corrected chi connectivity index (χ3v) is 4.53. The van der Waals surface area contributed by atoms with Crippen molar-refractivity contribution in [1.82, 2.24) is 5.32 Å². The second-order valence-electron chi connectivity index (χ2n) is 6.24. The molecule has 0 aliphatic carbocycles. The minimum absolute atomic E-state index is 0.502. The molecule has 1 fully saturated rings. The Kier molecular flexibility index (Phi) is 6.52. The lowest BCUT2D eigenvalue weighted by Gasteiger charge is -2.30. The molecular weight excluding hydrogens is 328 g/mol. The monoisotopic (exact) mass is 354 g/mol. The van der Waals surface area contributed by atoms with Crippen LogP contribution in [0.2, 0.25) is 0 Å². The summed E-state index contributed by atoms with van der Waals surface area (Å²) in [4.78, 5) is 2.40. The number of nitrogens with zero attached hydrogens (tertiary/aromatic N) is 1. The Morgan fingerprint density at radius 3 is 2.71 bits per heavy atom. The van der Waals surface area contributed by atoms with Crippen LogP contribution >= 0.6 is 15.9 Å². The number of ether oxygens (including phenoxy) is 1. The van der Waals surface area contributed by atoms with Crippen LogP contribution in [0.25, 0.3) is 0 Å². The van der Waals surface area contributed by atoms with Gasteiger partial charge < -0.3 is 15.0 Å². The third-order valence-electron chi connectivity index (χ3n) is 4.03. The molecule has 0 amide bonds. The molecule has 0 atom stereocenters. The summed E-state index contributed by atoms with van der Waals surface area (Å²) in [6, 6.07) is 7.08. The Balaban J connectivity index is 2.06. The molecule has 1 saturated heterocycles. The minimum atomic E-state index is 0.502. The predicted molar refractivity (Wildman–Crippen MR) is 92.9 cm³/mol. The summed E-state index contributed by atoms with van der Waals surface area (Å²) in [6.07, 6.45) is 2.36. The van der Waals surface area contributed by atoms with Crippen molar-refractivity contribution in [3.05, 3.63) is 28.2 Å². The van der Waals surface area contributed by atoms with E-state index in [1.807, 2.05) is 0 Å². The van der Waals surface area contributed by atoms with E-state index >= 15 is 0 Å². The summed E-state index contributed by atoms with van der Waals surface area (Å²) in [7, 11) is 2.20. The maximum Gasteiger partial charge on any atom is 0.0469 e. The number of anilines is 1. The van der Waals surface area contributed by atoms with E-state index in [1.165, 1.54) is 24.1 Å². The topological polar surface area (TPSA) is 24.5 Å². The first-order valence-corrected chi connectivity index (χ1v) is 8.66. The number of halogens is 1. The maximum absolute atomic E-state index is 5.46. The first kappa shape index (κ1) is 16.8. The third kappa shape index (κ3) is 5.28. The summed E-state index contributed by atoms with van der Waals surface area (Å²) in [6.45, 7) is 8.22. The molecule has 0 unspecified atom stereocenters. The number of hydrogen-bond acceptors (Lipinski definition) is 3. The van der Waals surface area contributed by atoms with E-state index in [0.717, 1.165) is 36.7 Å². The molecule has 21 heavy (non-hydrogen) atoms. The van der Waals surface area contributed by atoms with Gasteiger partial charge in [-0.1, -0.05) is 35.8 Å². The Morgan fingerprint density at radius 1 is 1.33 bits per heavy atom. The van der Waals surface area contributed by atoms with Gasteiger partial charge in [-0.25, -0.2) is 0 Å². The average molecular weight is 355 g/mol. The fraction of sp³-hybridized carbons (Fsp3) is 0.647. The fourth-order valence-electron chi connectivity index (χ4n) is 2.77. The van der Waals surface area contributed by atoms with Gasteiger partial charge >= 0.3 is 0 Å². The highest BCUT2D eigenvalue weighted by Crippen LogP contribution is 2.27. The number of hydrogen-bond donors (Lipinski definition) is 1. The minimum Gasteiger partial charge on any atom is -0.381 e. The maximum atomic E-state index is 5.46. The van der Waals surface area contributed by atoms with Gasteiger partial charge in [-0.2, -0.15) is 0 Å². The van der Waals surface area contributed by atoms with Crippen molar-refractivity contribution in [3.63, 3.8) is 0 Å². The van der Waals surface area contributed by atoms with Crippen molar-refractivity contribution in [2.45, 2.75) is 39.3 Å². The predicted octanol–water partition coefficient (Wildman–Crippen LogP) is 3.81. The molecule has 1 aromatic rings. The summed E-state index contributed by atoms with van der Waals surface area (Å²) >= 11 is 3.60. The van der Waals surface area contributed by atoms with Gasteiger partial charge in [0.25, 0.3) is 0 Å². The summed E-state index contributed by atoms with van der Waals surface area (Å²) < 4.78 is 6.60. The molecule has 1 aromatic carbocycles. The smallest absolute Gasteiger partial charge is 0.0469 e. The first-order chi connectivity index (χ1) is 10.1. The molecule has 0 bridgehead atoms. The van der Waals surface area contributed by atoms with Crippen molar-refractivity contribution < 1.29 is 4.74 Å². The zero-order chi connectivity index (χ0) is 15.2. The van der Waals surface area contributed by atoms with Crippen LogP contribution in [0, 0.1) is 5.92 Å². The van der Waals surface area contributed by atoms with Crippen molar-refractivity contribution in [1.29, 1.82) is 0 Å². The SMILES string of the molecule is CC(C)NCc1ccc(Br)cc1N(C)CC1CCOCC1. The van der Waals surface area contributed by atoms with Crippen LogP contribution in [0.1, 0.15) is 32.3 Å². The van der Waals surface area contributed by atoms with Crippen LogP contribution in [-0.2, 0) is 11.3 Å². The molecule has 4 heteroatoms. The van der Waals surface area contributed by atoms with Crippen LogP contribution in [0.3, 0.4) is 0 Å². The quantitative estimate of drug-likeness (QED) is 0.840. The zero-order valence-electron chi connectivity index (χ0n) is 13.4. The molecule has 3 nitrogen and oxygen atoms in total. The molecule has 1 aliphatic heterocycles. The van der Waals surface area contributed by atoms with E-state index in [-0.39, 0.29) is 0 Å². The molecule has 0 saturated carbocycles. The molecule has 0 radical (unpaired) electrons. The summed E-state index contributed by atoms with van der Waals surface area (Å²) in [5.74, 6) is 0.744. The van der Waals surface area contributed by atoms with Gasteiger partial charge in [-0.05, 0) is 36.5 Å². The Hall–Kier alpha value is -0.580. The van der Waals surface area contributed by atoms with E-state index in [9.17, 15) is 0 Å². The Bertz CT molecular complexity index is 444. The molecule has 118 valence electrons. The van der Waals surface area contributed by atoms with Crippen LogP contribution < -0.4 is 10.2 Å². The van der Waals surface area contributed by atoms with E-state index in [4.69, 9.17) is 4.74 Å². The first-order valence-electron chi connectivity index (χ1n) is 7.87. The van der Waals surface area contributed by atoms with Gasteiger partial charge in [0.2, 0.25) is 0 Å². The zero-order valence-corrected chi connectivity index (χ0v) is 14.9. The van der Waals surface area contributed by atoms with Gasteiger partial charge in [-0.15, -0.1) is 0 Å². The van der Waals surface area contributed by atoms with Crippen LogP contribution in [-0.4, -0.2) is 32.8 Å². The number of nitrogens with one attached hydrogen (secondary N) is 1. The van der Waals surface area contributed by atoms with E-state index < -0.39 is 0 Å². The lowest BCUT2D eigenvalue weighted by atomic mass is 9.99. The molecule has 0 aromatic heterocycles. The molecule has 0 spiro atoms. The Morgan fingerprint density at radius 2 is 2.05 bits per heavy atom. The van der Waals surface area contributed by atoms with E-state index in [0.29, 0.717) is 6.04 Å². The Labute approximate surface area is 137 Å². The lowest BCUT2D eigenvalue weighted by Crippen LogP contribution is -2.31. The molecule has 2 rings (SSSR count). The van der Waals surface area contributed by atoms with E-state index in [1.54, 1.807) is 0 Å².